The maximum absolute atomic E-state index is 13.5. The highest BCUT2D eigenvalue weighted by molar-refractivity contribution is 9.10. The summed E-state index contributed by atoms with van der Waals surface area (Å²) in [6.07, 6.45) is -0.932. The Morgan fingerprint density at radius 2 is 1.75 bits per heavy atom. The van der Waals surface area contributed by atoms with Gasteiger partial charge in [-0.05, 0) is 23.8 Å². The van der Waals surface area contributed by atoms with Gasteiger partial charge in [0.05, 0.1) is 0 Å². The van der Waals surface area contributed by atoms with Crippen LogP contribution in [0.3, 0.4) is 0 Å². The second-order valence-electron chi connectivity index (χ2n) is 3.48. The van der Waals surface area contributed by atoms with E-state index in [2.05, 4.69) is 15.9 Å². The van der Waals surface area contributed by atoms with Gasteiger partial charge in [0.1, 0.15) is 11.9 Å². The van der Waals surface area contributed by atoms with E-state index in [9.17, 15) is 9.50 Å². The van der Waals surface area contributed by atoms with Crippen molar-refractivity contribution >= 4 is 15.9 Å². The lowest BCUT2D eigenvalue weighted by Gasteiger charge is -2.12. The van der Waals surface area contributed by atoms with Gasteiger partial charge in [-0.15, -0.1) is 0 Å². The molecule has 1 atom stereocenters. The van der Waals surface area contributed by atoms with Gasteiger partial charge in [-0.1, -0.05) is 46.3 Å². The topological polar surface area (TPSA) is 20.2 Å². The quantitative estimate of drug-likeness (QED) is 0.890. The number of halogens is 2. The van der Waals surface area contributed by atoms with E-state index in [1.807, 2.05) is 18.2 Å². The van der Waals surface area contributed by atoms with Crippen molar-refractivity contribution < 1.29 is 9.50 Å². The van der Waals surface area contributed by atoms with E-state index in [-0.39, 0.29) is 5.56 Å². The minimum Gasteiger partial charge on any atom is -0.384 e. The first kappa shape index (κ1) is 11.3. The zero-order valence-electron chi connectivity index (χ0n) is 8.40. The average molecular weight is 281 g/mol. The van der Waals surface area contributed by atoms with E-state index >= 15 is 0 Å². The van der Waals surface area contributed by atoms with Gasteiger partial charge < -0.3 is 5.11 Å². The molecule has 0 bridgehead atoms. The van der Waals surface area contributed by atoms with Crippen molar-refractivity contribution in [3.8, 4) is 0 Å². The van der Waals surface area contributed by atoms with E-state index in [1.165, 1.54) is 6.07 Å². The standard InChI is InChI=1S/C13H10BrFO/c14-10-6-7-12(15)11(8-10)13(16)9-4-2-1-3-5-9/h1-8,13,16H/t13-/m0/s1. The normalized spacial score (nSPS) is 12.4. The first-order chi connectivity index (χ1) is 7.68. The first-order valence-electron chi connectivity index (χ1n) is 4.86. The molecule has 0 aliphatic rings. The van der Waals surface area contributed by atoms with Crippen LogP contribution >= 0.6 is 15.9 Å². The molecule has 2 rings (SSSR count). The summed E-state index contributed by atoms with van der Waals surface area (Å²) >= 11 is 3.26. The van der Waals surface area contributed by atoms with Gasteiger partial charge in [-0.2, -0.15) is 0 Å². The molecule has 3 heteroatoms. The van der Waals surface area contributed by atoms with E-state index < -0.39 is 11.9 Å². The Hall–Kier alpha value is -1.19. The lowest BCUT2D eigenvalue weighted by Crippen LogP contribution is -2.02. The third-order valence-electron chi connectivity index (χ3n) is 2.37. The molecule has 82 valence electrons. The van der Waals surface area contributed by atoms with Crippen LogP contribution in [0.4, 0.5) is 4.39 Å². The summed E-state index contributed by atoms with van der Waals surface area (Å²) in [6, 6.07) is 13.6. The van der Waals surface area contributed by atoms with Gasteiger partial charge in [0.2, 0.25) is 0 Å². The predicted octanol–water partition coefficient (Wildman–Crippen LogP) is 3.67. The lowest BCUT2D eigenvalue weighted by atomic mass is 10.0. The highest BCUT2D eigenvalue weighted by Crippen LogP contribution is 2.26. The highest BCUT2D eigenvalue weighted by Gasteiger charge is 2.14. The second kappa shape index (κ2) is 4.76. The summed E-state index contributed by atoms with van der Waals surface area (Å²) in [6.45, 7) is 0. The molecule has 2 aromatic carbocycles. The largest absolute Gasteiger partial charge is 0.384 e. The van der Waals surface area contributed by atoms with Crippen molar-refractivity contribution in [1.82, 2.24) is 0 Å². The Labute approximate surface area is 102 Å². The Bertz CT molecular complexity index is 485. The number of rotatable bonds is 2. The lowest BCUT2D eigenvalue weighted by molar-refractivity contribution is 0.215. The minimum atomic E-state index is -0.932. The average Bonchev–Trinajstić information content (AvgIpc) is 2.32. The summed E-state index contributed by atoms with van der Waals surface area (Å²) in [7, 11) is 0. The summed E-state index contributed by atoms with van der Waals surface area (Å²) in [4.78, 5) is 0. The molecule has 16 heavy (non-hydrogen) atoms. The number of hydrogen-bond acceptors (Lipinski definition) is 1. The number of aliphatic hydroxyl groups is 1. The fourth-order valence-electron chi connectivity index (χ4n) is 1.54. The van der Waals surface area contributed by atoms with Gasteiger partial charge in [0.25, 0.3) is 0 Å². The third-order valence-corrected chi connectivity index (χ3v) is 2.86. The molecule has 0 amide bonds. The number of aliphatic hydroxyl groups excluding tert-OH is 1. The van der Waals surface area contributed by atoms with Crippen LogP contribution in [-0.2, 0) is 0 Å². The monoisotopic (exact) mass is 280 g/mol. The number of hydrogen-bond donors (Lipinski definition) is 1. The molecule has 0 radical (unpaired) electrons. The van der Waals surface area contributed by atoms with Gasteiger partial charge in [-0.3, -0.25) is 0 Å². The van der Waals surface area contributed by atoms with Crippen LogP contribution in [0.2, 0.25) is 0 Å². The molecular formula is C13H10BrFO. The fraction of sp³-hybridized carbons (Fsp3) is 0.0769. The van der Waals surface area contributed by atoms with Crippen LogP contribution in [0, 0.1) is 5.82 Å². The van der Waals surface area contributed by atoms with Gasteiger partial charge in [0.15, 0.2) is 0 Å². The summed E-state index contributed by atoms with van der Waals surface area (Å²) < 4.78 is 14.3. The summed E-state index contributed by atoms with van der Waals surface area (Å²) in [5.41, 5.74) is 0.958. The molecule has 2 aromatic rings. The molecule has 0 saturated heterocycles. The molecule has 1 nitrogen and oxygen atoms in total. The maximum Gasteiger partial charge on any atom is 0.129 e. The zero-order valence-corrected chi connectivity index (χ0v) is 9.99. The van der Waals surface area contributed by atoms with Crippen LogP contribution in [-0.4, -0.2) is 5.11 Å². The van der Waals surface area contributed by atoms with Crippen molar-refractivity contribution in [1.29, 1.82) is 0 Å². The van der Waals surface area contributed by atoms with Gasteiger partial charge in [0, 0.05) is 10.0 Å². The third kappa shape index (κ3) is 2.31. The van der Waals surface area contributed by atoms with Crippen molar-refractivity contribution in [2.24, 2.45) is 0 Å². The molecular weight excluding hydrogens is 271 g/mol. The SMILES string of the molecule is O[C@@H](c1ccccc1)c1cc(Br)ccc1F. The van der Waals surface area contributed by atoms with Gasteiger partial charge >= 0.3 is 0 Å². The molecule has 0 fully saturated rings. The molecule has 1 N–H and O–H groups in total. The fourth-order valence-corrected chi connectivity index (χ4v) is 1.92. The van der Waals surface area contributed by atoms with Crippen LogP contribution in [0.5, 0.6) is 0 Å². The summed E-state index contributed by atoms with van der Waals surface area (Å²) in [5.74, 6) is -0.403. The van der Waals surface area contributed by atoms with Crippen molar-refractivity contribution in [2.45, 2.75) is 6.10 Å². The Morgan fingerprint density at radius 3 is 2.44 bits per heavy atom. The minimum absolute atomic E-state index is 0.278. The van der Waals surface area contributed by atoms with Crippen LogP contribution in [0.25, 0.3) is 0 Å². The van der Waals surface area contributed by atoms with E-state index in [1.54, 1.807) is 24.3 Å². The van der Waals surface area contributed by atoms with E-state index in [0.29, 0.717) is 5.56 Å². The molecule has 0 aromatic heterocycles. The molecule has 0 heterocycles. The number of benzene rings is 2. The maximum atomic E-state index is 13.5. The molecule has 0 aliphatic carbocycles. The van der Waals surface area contributed by atoms with Crippen molar-refractivity contribution in [3.05, 3.63) is 69.9 Å². The van der Waals surface area contributed by atoms with Crippen LogP contribution < -0.4 is 0 Å². The van der Waals surface area contributed by atoms with Crippen molar-refractivity contribution in [2.75, 3.05) is 0 Å². The Balaban J connectivity index is 2.41. The van der Waals surface area contributed by atoms with Crippen LogP contribution in [0.1, 0.15) is 17.2 Å². The molecule has 0 saturated carbocycles. The summed E-state index contributed by atoms with van der Waals surface area (Å²) in [5, 5.41) is 10.0. The molecule has 0 spiro atoms. The highest BCUT2D eigenvalue weighted by atomic mass is 79.9. The first-order valence-corrected chi connectivity index (χ1v) is 5.66. The Kier molecular flexibility index (Phi) is 3.36. The Morgan fingerprint density at radius 1 is 1.06 bits per heavy atom. The predicted molar refractivity (Wildman–Crippen MR) is 64.6 cm³/mol. The van der Waals surface area contributed by atoms with E-state index in [4.69, 9.17) is 0 Å². The van der Waals surface area contributed by atoms with E-state index in [0.717, 1.165) is 4.47 Å². The second-order valence-corrected chi connectivity index (χ2v) is 4.39. The van der Waals surface area contributed by atoms with Gasteiger partial charge in [-0.25, -0.2) is 4.39 Å². The molecule has 0 aliphatic heterocycles. The van der Waals surface area contributed by atoms with Crippen LogP contribution in [0.15, 0.2) is 53.0 Å². The van der Waals surface area contributed by atoms with Crippen molar-refractivity contribution in [3.63, 3.8) is 0 Å². The smallest absolute Gasteiger partial charge is 0.129 e. The zero-order chi connectivity index (χ0) is 11.5. The molecule has 0 unspecified atom stereocenters.